The molecule has 10 nitrogen and oxygen atoms in total. The number of nitrogens with zero attached hydrogens (tertiary/aromatic N) is 4. The fraction of sp³-hybridized carbons (Fsp3) is 0.190. The number of hydrogen-bond donors (Lipinski definition) is 1. The van der Waals surface area contributed by atoms with Gasteiger partial charge in [-0.05, 0) is 40.3 Å². The predicted molar refractivity (Wildman–Crippen MR) is 109 cm³/mol. The lowest BCUT2D eigenvalue weighted by molar-refractivity contribution is -0.136. The molecule has 10 heteroatoms. The van der Waals surface area contributed by atoms with Gasteiger partial charge in [0.2, 0.25) is 5.95 Å². The number of carbonyl (C=O) groups excluding carboxylic acids is 2. The smallest absolute Gasteiger partial charge is 0.355 e. The Bertz CT molecular complexity index is 1170. The van der Waals surface area contributed by atoms with E-state index >= 15 is 0 Å². The van der Waals surface area contributed by atoms with Crippen LogP contribution in [0.3, 0.4) is 0 Å². The summed E-state index contributed by atoms with van der Waals surface area (Å²) in [6.45, 7) is 0. The van der Waals surface area contributed by atoms with E-state index in [2.05, 4.69) is 20.8 Å². The summed E-state index contributed by atoms with van der Waals surface area (Å²) in [5, 5.41) is 14.5. The van der Waals surface area contributed by atoms with Gasteiger partial charge in [-0.15, -0.1) is 0 Å². The summed E-state index contributed by atoms with van der Waals surface area (Å²) >= 11 is 0. The van der Waals surface area contributed by atoms with Gasteiger partial charge in [0.15, 0.2) is 5.78 Å². The van der Waals surface area contributed by atoms with Crippen LogP contribution in [0, 0.1) is 0 Å². The van der Waals surface area contributed by atoms with Gasteiger partial charge in [0.05, 0.1) is 26.9 Å². The number of tetrazole rings is 1. The van der Waals surface area contributed by atoms with Crippen LogP contribution < -0.4 is 14.8 Å². The molecule has 4 rings (SSSR count). The van der Waals surface area contributed by atoms with Crippen molar-refractivity contribution in [2.24, 2.45) is 0 Å². The standard InChI is InChI=1S/C21H19N5O5/c1-29-14-9-7-12(8-10-14)18-16(19(27)13-5-4-6-15(11-13)30-2)17(20(28)31-3)22-21-23-24-25-26(18)21/h4-11,18H,1-3H3,(H,22,23,25)/t18-/m0/s1. The molecule has 0 saturated heterocycles. The quantitative estimate of drug-likeness (QED) is 0.471. The van der Waals surface area contributed by atoms with E-state index < -0.39 is 17.8 Å². The Hall–Kier alpha value is -4.21. The molecule has 1 atom stereocenters. The number of ether oxygens (including phenoxy) is 3. The second-order valence-electron chi connectivity index (χ2n) is 6.59. The van der Waals surface area contributed by atoms with Crippen LogP contribution in [-0.4, -0.2) is 53.3 Å². The number of fused-ring (bicyclic) bond motifs is 1. The van der Waals surface area contributed by atoms with Crippen LogP contribution in [0.25, 0.3) is 0 Å². The molecular weight excluding hydrogens is 402 g/mol. The molecule has 158 valence electrons. The molecule has 0 fully saturated rings. The monoisotopic (exact) mass is 421 g/mol. The van der Waals surface area contributed by atoms with Gasteiger partial charge in [0.1, 0.15) is 23.2 Å². The minimum absolute atomic E-state index is 0.0292. The number of allylic oxidation sites excluding steroid dienone is 1. The summed E-state index contributed by atoms with van der Waals surface area (Å²) in [6.07, 6.45) is 0. The largest absolute Gasteiger partial charge is 0.497 e. The number of esters is 1. The van der Waals surface area contributed by atoms with Crippen molar-refractivity contribution in [1.82, 2.24) is 20.2 Å². The molecule has 2 heterocycles. The van der Waals surface area contributed by atoms with Crippen LogP contribution in [-0.2, 0) is 9.53 Å². The number of benzene rings is 2. The van der Waals surface area contributed by atoms with E-state index in [0.29, 0.717) is 22.6 Å². The third-order valence-electron chi connectivity index (χ3n) is 4.91. The van der Waals surface area contributed by atoms with Crippen LogP contribution >= 0.6 is 0 Å². The Morgan fingerprint density at radius 1 is 1.00 bits per heavy atom. The highest BCUT2D eigenvalue weighted by Crippen LogP contribution is 2.37. The van der Waals surface area contributed by atoms with Crippen molar-refractivity contribution in [3.63, 3.8) is 0 Å². The van der Waals surface area contributed by atoms with Crippen molar-refractivity contribution >= 4 is 17.7 Å². The number of Topliss-reactive ketones (excluding diaryl/α,β-unsaturated/α-hetero) is 1. The Labute approximate surface area is 177 Å². The van der Waals surface area contributed by atoms with E-state index in [-0.39, 0.29) is 17.2 Å². The number of nitrogens with one attached hydrogen (secondary N) is 1. The Morgan fingerprint density at radius 3 is 2.42 bits per heavy atom. The summed E-state index contributed by atoms with van der Waals surface area (Å²) in [5.74, 6) is 0.266. The number of rotatable bonds is 6. The van der Waals surface area contributed by atoms with Gasteiger partial charge in [0.25, 0.3) is 0 Å². The maximum Gasteiger partial charge on any atom is 0.355 e. The van der Waals surface area contributed by atoms with Gasteiger partial charge in [-0.3, -0.25) is 4.79 Å². The van der Waals surface area contributed by atoms with Crippen molar-refractivity contribution in [2.75, 3.05) is 26.6 Å². The number of aromatic nitrogens is 4. The lowest BCUT2D eigenvalue weighted by atomic mass is 9.89. The van der Waals surface area contributed by atoms with E-state index in [4.69, 9.17) is 14.2 Å². The molecule has 31 heavy (non-hydrogen) atoms. The van der Waals surface area contributed by atoms with Gasteiger partial charge in [-0.25, -0.2) is 4.79 Å². The molecule has 1 aliphatic heterocycles. The van der Waals surface area contributed by atoms with Crippen molar-refractivity contribution in [2.45, 2.75) is 6.04 Å². The molecule has 0 unspecified atom stereocenters. The average molecular weight is 421 g/mol. The van der Waals surface area contributed by atoms with Gasteiger partial charge in [-0.2, -0.15) is 4.68 Å². The fourth-order valence-electron chi connectivity index (χ4n) is 3.40. The maximum absolute atomic E-state index is 13.7. The van der Waals surface area contributed by atoms with Gasteiger partial charge in [-0.1, -0.05) is 29.4 Å². The highest BCUT2D eigenvalue weighted by molar-refractivity contribution is 6.15. The van der Waals surface area contributed by atoms with E-state index in [1.54, 1.807) is 55.6 Å². The van der Waals surface area contributed by atoms with Crippen LogP contribution in [0.5, 0.6) is 11.5 Å². The second-order valence-corrected chi connectivity index (χ2v) is 6.59. The number of methoxy groups -OCH3 is 3. The molecule has 3 aromatic rings. The molecule has 0 radical (unpaired) electrons. The van der Waals surface area contributed by atoms with Gasteiger partial charge < -0.3 is 19.5 Å². The lowest BCUT2D eigenvalue weighted by Crippen LogP contribution is -2.32. The zero-order valence-corrected chi connectivity index (χ0v) is 17.0. The average Bonchev–Trinajstić information content (AvgIpc) is 3.30. The molecular formula is C21H19N5O5. The van der Waals surface area contributed by atoms with Crippen LogP contribution in [0.4, 0.5) is 5.95 Å². The highest BCUT2D eigenvalue weighted by Gasteiger charge is 2.38. The first kappa shape index (κ1) is 20.1. The summed E-state index contributed by atoms with van der Waals surface area (Å²) in [7, 11) is 4.31. The van der Waals surface area contributed by atoms with E-state index in [0.717, 1.165) is 0 Å². The van der Waals surface area contributed by atoms with E-state index in [1.807, 2.05) is 0 Å². The third-order valence-corrected chi connectivity index (χ3v) is 4.91. The molecule has 1 N–H and O–H groups in total. The first-order valence-electron chi connectivity index (χ1n) is 9.27. The molecule has 0 bridgehead atoms. The van der Waals surface area contributed by atoms with Gasteiger partial charge in [0, 0.05) is 5.56 Å². The summed E-state index contributed by atoms with van der Waals surface area (Å²) in [4.78, 5) is 26.3. The summed E-state index contributed by atoms with van der Waals surface area (Å²) < 4.78 is 16.8. The molecule has 0 saturated carbocycles. The first-order valence-corrected chi connectivity index (χ1v) is 9.27. The van der Waals surface area contributed by atoms with Gasteiger partial charge >= 0.3 is 5.97 Å². The lowest BCUT2D eigenvalue weighted by Gasteiger charge is -2.28. The summed E-state index contributed by atoms with van der Waals surface area (Å²) in [6, 6.07) is 13.0. The Balaban J connectivity index is 1.92. The van der Waals surface area contributed by atoms with E-state index in [1.165, 1.54) is 18.9 Å². The molecule has 0 aliphatic carbocycles. The minimum atomic E-state index is -0.773. The molecule has 1 aliphatic rings. The van der Waals surface area contributed by atoms with Crippen LogP contribution in [0.2, 0.25) is 0 Å². The Kier molecular flexibility index (Phi) is 5.35. The SMILES string of the molecule is COC(=O)C1=C(C(=O)c2cccc(OC)c2)[C@H](c2ccc(OC)cc2)n2nnnc2N1. The molecule has 0 amide bonds. The topological polar surface area (TPSA) is 117 Å². The van der Waals surface area contributed by atoms with Crippen LogP contribution in [0.1, 0.15) is 22.0 Å². The number of ketones is 1. The maximum atomic E-state index is 13.7. The summed E-state index contributed by atoms with van der Waals surface area (Å²) in [5.41, 5.74) is 1.14. The Morgan fingerprint density at radius 2 is 1.74 bits per heavy atom. The molecule has 2 aromatic carbocycles. The van der Waals surface area contributed by atoms with Crippen molar-refractivity contribution in [1.29, 1.82) is 0 Å². The third kappa shape index (κ3) is 3.59. The number of anilines is 1. The molecule has 0 spiro atoms. The first-order chi connectivity index (χ1) is 15.1. The van der Waals surface area contributed by atoms with Crippen molar-refractivity contribution in [3.05, 3.63) is 70.9 Å². The minimum Gasteiger partial charge on any atom is -0.497 e. The van der Waals surface area contributed by atoms with Crippen LogP contribution in [0.15, 0.2) is 59.8 Å². The normalized spacial score (nSPS) is 15.0. The zero-order chi connectivity index (χ0) is 22.0. The van der Waals surface area contributed by atoms with Crippen molar-refractivity contribution in [3.8, 4) is 11.5 Å². The highest BCUT2D eigenvalue weighted by atomic mass is 16.5. The predicted octanol–water partition coefficient (Wildman–Crippen LogP) is 2.02. The second kappa shape index (κ2) is 8.27. The zero-order valence-electron chi connectivity index (χ0n) is 17.0. The number of hydrogen-bond acceptors (Lipinski definition) is 9. The fourth-order valence-corrected chi connectivity index (χ4v) is 3.40. The van der Waals surface area contributed by atoms with E-state index in [9.17, 15) is 9.59 Å². The molecule has 1 aromatic heterocycles. The number of carbonyl (C=O) groups is 2. The van der Waals surface area contributed by atoms with Crippen molar-refractivity contribution < 1.29 is 23.8 Å².